The lowest BCUT2D eigenvalue weighted by molar-refractivity contribution is -0.143. The van der Waals surface area contributed by atoms with Gasteiger partial charge in [-0.1, -0.05) is 37.3 Å². The van der Waals surface area contributed by atoms with Crippen molar-refractivity contribution in [3.63, 3.8) is 0 Å². The molecular weight excluding hydrogens is 435 g/mol. The van der Waals surface area contributed by atoms with Crippen molar-refractivity contribution in [2.45, 2.75) is 33.2 Å². The number of carbonyl (C=O) groups excluding carboxylic acids is 2. The number of amides is 1. The molecular formula is C27H29FN2O4. The Hall–Kier alpha value is -3.74. The lowest BCUT2D eigenvalue weighted by atomic mass is 10.1. The largest absolute Gasteiger partial charge is 0.493 e. The molecule has 0 spiro atoms. The Morgan fingerprint density at radius 2 is 1.71 bits per heavy atom. The molecule has 2 aromatic carbocycles. The van der Waals surface area contributed by atoms with Crippen molar-refractivity contribution in [3.8, 4) is 5.75 Å². The van der Waals surface area contributed by atoms with Crippen molar-refractivity contribution >= 4 is 11.9 Å². The molecule has 34 heavy (non-hydrogen) atoms. The Balaban J connectivity index is 1.62. The second kappa shape index (κ2) is 12.5. The van der Waals surface area contributed by atoms with Crippen LogP contribution in [0.3, 0.4) is 0 Å². The number of benzene rings is 2. The van der Waals surface area contributed by atoms with E-state index in [2.05, 4.69) is 18.0 Å². The Morgan fingerprint density at radius 1 is 0.971 bits per heavy atom. The van der Waals surface area contributed by atoms with Gasteiger partial charge in [0.1, 0.15) is 18.1 Å². The molecule has 0 radical (unpaired) electrons. The predicted octanol–water partition coefficient (Wildman–Crippen LogP) is 4.61. The first-order valence-corrected chi connectivity index (χ1v) is 11.3. The minimum atomic E-state index is -0.635. The summed E-state index contributed by atoms with van der Waals surface area (Å²) in [6.07, 6.45) is 3.53. The maximum absolute atomic E-state index is 14.2. The molecule has 0 unspecified atom stereocenters. The number of carbonyl (C=O) groups is 2. The van der Waals surface area contributed by atoms with E-state index in [4.69, 9.17) is 9.47 Å². The van der Waals surface area contributed by atoms with Crippen molar-refractivity contribution in [1.29, 1.82) is 0 Å². The fourth-order valence-corrected chi connectivity index (χ4v) is 3.36. The van der Waals surface area contributed by atoms with Crippen molar-refractivity contribution in [2.75, 3.05) is 19.8 Å². The van der Waals surface area contributed by atoms with Crippen LogP contribution in [0.1, 0.15) is 41.0 Å². The van der Waals surface area contributed by atoms with Gasteiger partial charge >= 0.3 is 5.97 Å². The van der Waals surface area contributed by atoms with Crippen LogP contribution < -0.4 is 4.74 Å². The van der Waals surface area contributed by atoms with Crippen molar-refractivity contribution in [3.05, 3.63) is 95.1 Å². The lowest BCUT2D eigenvalue weighted by Crippen LogP contribution is -2.36. The first kappa shape index (κ1) is 24.9. The van der Waals surface area contributed by atoms with Crippen LogP contribution in [-0.4, -0.2) is 41.5 Å². The molecule has 1 amide bonds. The van der Waals surface area contributed by atoms with Gasteiger partial charge in [0.15, 0.2) is 0 Å². The number of rotatable bonds is 11. The Labute approximate surface area is 199 Å². The molecule has 0 saturated heterocycles. The topological polar surface area (TPSA) is 68.7 Å². The second-order valence-electron chi connectivity index (χ2n) is 7.70. The van der Waals surface area contributed by atoms with Gasteiger partial charge in [0.05, 0.1) is 18.8 Å². The molecule has 0 atom stereocenters. The van der Waals surface area contributed by atoms with Crippen LogP contribution in [0.2, 0.25) is 0 Å². The van der Waals surface area contributed by atoms with E-state index in [1.54, 1.807) is 25.1 Å². The SMILES string of the molecule is CCOC(=O)CN(Cc1ccc(OCCc2ccc(CC)cn2)cc1)C(=O)c1ccccc1F. The van der Waals surface area contributed by atoms with E-state index in [1.807, 2.05) is 24.4 Å². The summed E-state index contributed by atoms with van der Waals surface area (Å²) in [7, 11) is 0. The van der Waals surface area contributed by atoms with E-state index >= 15 is 0 Å². The maximum Gasteiger partial charge on any atom is 0.325 e. The minimum absolute atomic E-state index is 0.0904. The first-order valence-electron chi connectivity index (χ1n) is 11.3. The third-order valence-electron chi connectivity index (χ3n) is 5.23. The van der Waals surface area contributed by atoms with Gasteiger partial charge in [0, 0.05) is 24.9 Å². The smallest absolute Gasteiger partial charge is 0.325 e. The van der Waals surface area contributed by atoms with Gasteiger partial charge in [-0.15, -0.1) is 0 Å². The standard InChI is InChI=1S/C27H29FN2O4/c1-3-20-9-12-22(29-17-20)15-16-34-23-13-10-21(11-14-23)18-30(19-26(31)33-4-2)27(32)24-7-5-6-8-25(24)28/h5-14,17H,3-4,15-16,18-19H2,1-2H3. The van der Waals surface area contributed by atoms with Gasteiger partial charge in [-0.25, -0.2) is 4.39 Å². The van der Waals surface area contributed by atoms with E-state index in [0.29, 0.717) is 18.8 Å². The van der Waals surface area contributed by atoms with Crippen LogP contribution >= 0.6 is 0 Å². The van der Waals surface area contributed by atoms with Crippen LogP contribution in [0.15, 0.2) is 66.9 Å². The van der Waals surface area contributed by atoms with E-state index in [0.717, 1.165) is 17.7 Å². The molecule has 0 aliphatic rings. The molecule has 0 bridgehead atoms. The maximum atomic E-state index is 14.2. The van der Waals surface area contributed by atoms with Crippen molar-refractivity contribution in [1.82, 2.24) is 9.88 Å². The van der Waals surface area contributed by atoms with Gasteiger partial charge in [-0.05, 0) is 54.8 Å². The van der Waals surface area contributed by atoms with Gasteiger partial charge in [-0.3, -0.25) is 14.6 Å². The van der Waals surface area contributed by atoms with Crippen molar-refractivity contribution in [2.24, 2.45) is 0 Å². The summed E-state index contributed by atoms with van der Waals surface area (Å²) >= 11 is 0. The molecule has 0 aliphatic carbocycles. The molecule has 0 fully saturated rings. The molecule has 3 aromatic rings. The number of nitrogens with zero attached hydrogens (tertiary/aromatic N) is 2. The number of halogens is 1. The number of aryl methyl sites for hydroxylation is 1. The summed E-state index contributed by atoms with van der Waals surface area (Å²) in [4.78, 5) is 30.7. The third kappa shape index (κ3) is 7.13. The zero-order chi connectivity index (χ0) is 24.3. The second-order valence-corrected chi connectivity index (χ2v) is 7.70. The van der Waals surface area contributed by atoms with E-state index in [-0.39, 0.29) is 25.3 Å². The first-order chi connectivity index (χ1) is 16.5. The summed E-state index contributed by atoms with van der Waals surface area (Å²) in [5, 5.41) is 0. The fourth-order valence-electron chi connectivity index (χ4n) is 3.36. The number of ether oxygens (including phenoxy) is 2. The van der Waals surface area contributed by atoms with Crippen LogP contribution in [0.5, 0.6) is 5.75 Å². The molecule has 1 aromatic heterocycles. The highest BCUT2D eigenvalue weighted by Gasteiger charge is 2.22. The summed E-state index contributed by atoms with van der Waals surface area (Å²) in [5.74, 6) is -1.07. The number of aromatic nitrogens is 1. The van der Waals surface area contributed by atoms with Gasteiger partial charge in [0.25, 0.3) is 5.91 Å². The quantitative estimate of drug-likeness (QED) is 0.388. The molecule has 0 saturated carbocycles. The van der Waals surface area contributed by atoms with Gasteiger partial charge in [0.2, 0.25) is 0 Å². The summed E-state index contributed by atoms with van der Waals surface area (Å²) < 4.78 is 25.0. The van der Waals surface area contributed by atoms with Crippen LogP contribution in [0, 0.1) is 5.82 Å². The summed E-state index contributed by atoms with van der Waals surface area (Å²) in [6.45, 7) is 4.32. The van der Waals surface area contributed by atoms with Gasteiger partial charge < -0.3 is 14.4 Å². The van der Waals surface area contributed by atoms with E-state index < -0.39 is 17.7 Å². The zero-order valence-electron chi connectivity index (χ0n) is 19.5. The van der Waals surface area contributed by atoms with Crippen LogP contribution in [0.25, 0.3) is 0 Å². The highest BCUT2D eigenvalue weighted by molar-refractivity contribution is 5.96. The molecule has 0 aliphatic heterocycles. The number of esters is 1. The highest BCUT2D eigenvalue weighted by atomic mass is 19.1. The normalized spacial score (nSPS) is 10.6. The molecule has 6 nitrogen and oxygen atoms in total. The molecule has 178 valence electrons. The minimum Gasteiger partial charge on any atom is -0.493 e. The zero-order valence-corrected chi connectivity index (χ0v) is 19.5. The Kier molecular flexibility index (Phi) is 9.14. The predicted molar refractivity (Wildman–Crippen MR) is 127 cm³/mol. The van der Waals surface area contributed by atoms with Gasteiger partial charge in [-0.2, -0.15) is 0 Å². The highest BCUT2D eigenvalue weighted by Crippen LogP contribution is 2.17. The molecule has 3 rings (SSSR count). The molecule has 1 heterocycles. The van der Waals surface area contributed by atoms with E-state index in [9.17, 15) is 14.0 Å². The molecule has 0 N–H and O–H groups in total. The van der Waals surface area contributed by atoms with Crippen molar-refractivity contribution < 1.29 is 23.5 Å². The summed E-state index contributed by atoms with van der Waals surface area (Å²) in [5.41, 5.74) is 2.85. The Bertz CT molecular complexity index is 1080. The van der Waals surface area contributed by atoms with E-state index in [1.165, 1.54) is 28.7 Å². The number of hydrogen-bond acceptors (Lipinski definition) is 5. The van der Waals surface area contributed by atoms with Crippen LogP contribution in [0.4, 0.5) is 4.39 Å². The molecule has 7 heteroatoms. The van der Waals surface area contributed by atoms with Crippen LogP contribution in [-0.2, 0) is 28.9 Å². The summed E-state index contributed by atoms with van der Waals surface area (Å²) in [6, 6.07) is 17.0. The fraction of sp³-hybridized carbons (Fsp3) is 0.296. The lowest BCUT2D eigenvalue weighted by Gasteiger charge is -2.22. The average molecular weight is 465 g/mol. The number of hydrogen-bond donors (Lipinski definition) is 0. The Morgan fingerprint density at radius 3 is 2.35 bits per heavy atom. The third-order valence-corrected chi connectivity index (χ3v) is 5.23. The number of pyridine rings is 1. The monoisotopic (exact) mass is 464 g/mol. The average Bonchev–Trinajstić information content (AvgIpc) is 2.85.